The summed E-state index contributed by atoms with van der Waals surface area (Å²) in [6.45, 7) is 4.20. The second kappa shape index (κ2) is 9.09. The van der Waals surface area contributed by atoms with E-state index >= 15 is 0 Å². The van der Waals surface area contributed by atoms with Crippen LogP contribution in [0, 0.1) is 11.6 Å². The molecule has 0 atom stereocenters. The highest BCUT2D eigenvalue weighted by Crippen LogP contribution is 2.24. The number of rotatable bonds is 6. The van der Waals surface area contributed by atoms with Crippen molar-refractivity contribution in [2.24, 2.45) is 0 Å². The lowest BCUT2D eigenvalue weighted by molar-refractivity contribution is 0.0588. The average molecular weight is 438 g/mol. The molecule has 0 unspecified atom stereocenters. The number of hydrogen-bond donors (Lipinski definition) is 1. The molecular formula is C21H24F2N2O4S. The van der Waals surface area contributed by atoms with Crippen LogP contribution in [-0.2, 0) is 10.0 Å². The fourth-order valence-corrected chi connectivity index (χ4v) is 4.58. The summed E-state index contributed by atoms with van der Waals surface area (Å²) in [5.74, 6) is -1.73. The van der Waals surface area contributed by atoms with Crippen LogP contribution in [0.5, 0.6) is 5.75 Å². The number of nitrogens with zero attached hydrogens (tertiary/aromatic N) is 1. The molecule has 3 rings (SSSR count). The first kappa shape index (κ1) is 22.2. The topological polar surface area (TPSA) is 75.7 Å². The number of sulfonamides is 1. The highest BCUT2D eigenvalue weighted by molar-refractivity contribution is 7.89. The Morgan fingerprint density at radius 3 is 2.47 bits per heavy atom. The summed E-state index contributed by atoms with van der Waals surface area (Å²) in [4.78, 5) is 14.5. The first-order chi connectivity index (χ1) is 14.2. The predicted octanol–water partition coefficient (Wildman–Crippen LogP) is 3.34. The van der Waals surface area contributed by atoms with Crippen LogP contribution in [0.1, 0.15) is 37.0 Å². The van der Waals surface area contributed by atoms with Gasteiger partial charge in [-0.05, 0) is 44.2 Å². The Bertz CT molecular complexity index is 1020. The van der Waals surface area contributed by atoms with E-state index < -0.39 is 21.7 Å². The number of ether oxygens (including phenoxy) is 1. The number of carbonyl (C=O) groups excluding carboxylic acids is 1. The van der Waals surface area contributed by atoms with Crippen LogP contribution in [0.3, 0.4) is 0 Å². The largest absolute Gasteiger partial charge is 0.487 e. The summed E-state index contributed by atoms with van der Waals surface area (Å²) in [5, 5.41) is 0. The highest BCUT2D eigenvalue weighted by Gasteiger charge is 2.26. The second-order valence-corrected chi connectivity index (χ2v) is 9.20. The van der Waals surface area contributed by atoms with Crippen molar-refractivity contribution < 1.29 is 26.7 Å². The van der Waals surface area contributed by atoms with Crippen molar-refractivity contribution in [1.29, 1.82) is 0 Å². The van der Waals surface area contributed by atoms with Crippen molar-refractivity contribution in [1.82, 2.24) is 9.62 Å². The van der Waals surface area contributed by atoms with Gasteiger partial charge in [-0.15, -0.1) is 0 Å². The van der Waals surface area contributed by atoms with Crippen LogP contribution >= 0.6 is 0 Å². The third-order valence-electron chi connectivity index (χ3n) is 4.70. The van der Waals surface area contributed by atoms with Gasteiger partial charge in [0.15, 0.2) is 11.6 Å². The zero-order valence-corrected chi connectivity index (χ0v) is 17.6. The lowest BCUT2D eigenvalue weighted by Crippen LogP contribution is -2.42. The first-order valence-corrected chi connectivity index (χ1v) is 11.2. The Morgan fingerprint density at radius 2 is 1.83 bits per heavy atom. The SMILES string of the molecule is CC(C)NS(=O)(=O)c1cccc(C(=O)N2CCC(Oc3ccc(F)cc3F)CC2)c1. The Morgan fingerprint density at radius 1 is 1.13 bits per heavy atom. The van der Waals surface area contributed by atoms with Gasteiger partial charge < -0.3 is 9.64 Å². The monoisotopic (exact) mass is 438 g/mol. The smallest absolute Gasteiger partial charge is 0.253 e. The number of likely N-dealkylation sites (tertiary alicyclic amines) is 1. The van der Waals surface area contributed by atoms with Gasteiger partial charge in [-0.3, -0.25) is 4.79 Å². The Hall–Kier alpha value is -2.52. The molecule has 1 heterocycles. The van der Waals surface area contributed by atoms with Gasteiger partial charge in [0.2, 0.25) is 10.0 Å². The molecule has 0 bridgehead atoms. The standard InChI is InChI=1S/C21H24F2N2O4S/c1-14(2)24-30(27,28)18-5-3-4-15(12-18)21(26)25-10-8-17(9-11-25)29-20-7-6-16(22)13-19(20)23/h3-7,12-14,17,24H,8-11H2,1-2H3. The third kappa shape index (κ3) is 5.34. The molecule has 0 saturated carbocycles. The summed E-state index contributed by atoms with van der Waals surface area (Å²) in [5.41, 5.74) is 0.283. The molecule has 162 valence electrons. The minimum absolute atomic E-state index is 0.0169. The van der Waals surface area contributed by atoms with Crippen molar-refractivity contribution in [3.63, 3.8) is 0 Å². The lowest BCUT2D eigenvalue weighted by Gasteiger charge is -2.32. The molecule has 1 N–H and O–H groups in total. The van der Waals surface area contributed by atoms with Gasteiger partial charge in [0, 0.05) is 43.6 Å². The number of piperidine rings is 1. The quantitative estimate of drug-likeness (QED) is 0.751. The van der Waals surface area contributed by atoms with Crippen molar-refractivity contribution in [3.05, 3.63) is 59.7 Å². The summed E-state index contributed by atoms with van der Waals surface area (Å²) in [6.07, 6.45) is 0.668. The zero-order chi connectivity index (χ0) is 21.9. The van der Waals surface area contributed by atoms with E-state index in [-0.39, 0.29) is 34.3 Å². The Labute approximate surface area is 174 Å². The fraction of sp³-hybridized carbons (Fsp3) is 0.381. The van der Waals surface area contributed by atoms with E-state index in [4.69, 9.17) is 4.74 Å². The van der Waals surface area contributed by atoms with Crippen molar-refractivity contribution in [2.75, 3.05) is 13.1 Å². The van der Waals surface area contributed by atoms with Crippen molar-refractivity contribution in [2.45, 2.75) is 43.7 Å². The summed E-state index contributed by atoms with van der Waals surface area (Å²) >= 11 is 0. The van der Waals surface area contributed by atoms with Gasteiger partial charge >= 0.3 is 0 Å². The molecule has 1 fully saturated rings. The molecule has 1 saturated heterocycles. The number of halogens is 2. The van der Waals surface area contributed by atoms with E-state index in [0.717, 1.165) is 12.1 Å². The number of benzene rings is 2. The molecule has 0 aliphatic carbocycles. The van der Waals surface area contributed by atoms with E-state index in [1.165, 1.54) is 24.3 Å². The summed E-state index contributed by atoms with van der Waals surface area (Å²) in [7, 11) is -3.70. The first-order valence-electron chi connectivity index (χ1n) is 9.69. The maximum absolute atomic E-state index is 13.8. The lowest BCUT2D eigenvalue weighted by atomic mass is 10.1. The van der Waals surface area contributed by atoms with Gasteiger partial charge in [-0.1, -0.05) is 6.07 Å². The third-order valence-corrected chi connectivity index (χ3v) is 6.36. The molecule has 1 amide bonds. The number of amides is 1. The Balaban J connectivity index is 1.63. The fourth-order valence-electron chi connectivity index (χ4n) is 3.28. The highest BCUT2D eigenvalue weighted by atomic mass is 32.2. The van der Waals surface area contributed by atoms with E-state index in [2.05, 4.69) is 4.72 Å². The maximum atomic E-state index is 13.8. The minimum Gasteiger partial charge on any atom is -0.487 e. The number of nitrogens with one attached hydrogen (secondary N) is 1. The second-order valence-electron chi connectivity index (χ2n) is 7.49. The van der Waals surface area contributed by atoms with E-state index in [1.807, 2.05) is 0 Å². The van der Waals surface area contributed by atoms with Gasteiger partial charge in [-0.2, -0.15) is 0 Å². The van der Waals surface area contributed by atoms with Crippen molar-refractivity contribution >= 4 is 15.9 Å². The molecule has 1 aliphatic rings. The van der Waals surface area contributed by atoms with Crippen LogP contribution in [0.25, 0.3) is 0 Å². The molecule has 30 heavy (non-hydrogen) atoms. The van der Waals surface area contributed by atoms with Crippen LogP contribution < -0.4 is 9.46 Å². The number of carbonyl (C=O) groups is 1. The minimum atomic E-state index is -3.70. The van der Waals surface area contributed by atoms with E-state index in [0.29, 0.717) is 25.9 Å². The molecule has 9 heteroatoms. The Kier molecular flexibility index (Phi) is 6.72. The van der Waals surface area contributed by atoms with Crippen LogP contribution in [0.4, 0.5) is 8.78 Å². The molecule has 0 aromatic heterocycles. The van der Waals surface area contributed by atoms with Gasteiger partial charge in [0.25, 0.3) is 5.91 Å². The zero-order valence-electron chi connectivity index (χ0n) is 16.8. The predicted molar refractivity (Wildman–Crippen MR) is 108 cm³/mol. The average Bonchev–Trinajstić information content (AvgIpc) is 2.69. The summed E-state index contributed by atoms with van der Waals surface area (Å²) < 4.78 is 59.6. The van der Waals surface area contributed by atoms with Crippen LogP contribution in [0.15, 0.2) is 47.4 Å². The van der Waals surface area contributed by atoms with Gasteiger partial charge in [0.05, 0.1) is 4.90 Å². The van der Waals surface area contributed by atoms with E-state index in [9.17, 15) is 22.0 Å². The molecule has 1 aliphatic heterocycles. The normalized spacial score (nSPS) is 15.4. The molecule has 2 aromatic rings. The molecule has 0 radical (unpaired) electrons. The van der Waals surface area contributed by atoms with Gasteiger partial charge in [0.1, 0.15) is 11.9 Å². The van der Waals surface area contributed by atoms with E-state index in [1.54, 1.807) is 24.8 Å². The summed E-state index contributed by atoms with van der Waals surface area (Å²) in [6, 6.07) is 8.80. The molecule has 0 spiro atoms. The molecule has 6 nitrogen and oxygen atoms in total. The van der Waals surface area contributed by atoms with Crippen molar-refractivity contribution in [3.8, 4) is 5.75 Å². The van der Waals surface area contributed by atoms with Crippen LogP contribution in [0.2, 0.25) is 0 Å². The molecule has 2 aromatic carbocycles. The van der Waals surface area contributed by atoms with Gasteiger partial charge in [-0.25, -0.2) is 21.9 Å². The molecular weight excluding hydrogens is 414 g/mol. The maximum Gasteiger partial charge on any atom is 0.253 e. The number of hydrogen-bond acceptors (Lipinski definition) is 4. The van der Waals surface area contributed by atoms with Crippen LogP contribution in [-0.4, -0.2) is 44.5 Å².